The number of carbonyl (C=O) groups is 2. The molecule has 2 aliphatic rings. The van der Waals surface area contributed by atoms with E-state index in [1.54, 1.807) is 0 Å². The van der Waals surface area contributed by atoms with Crippen LogP contribution in [0.15, 0.2) is 0 Å². The number of likely N-dealkylation sites (tertiary alicyclic amines) is 1. The van der Waals surface area contributed by atoms with Crippen LogP contribution in [0.25, 0.3) is 0 Å². The lowest BCUT2D eigenvalue weighted by Crippen LogP contribution is -2.51. The molecule has 0 radical (unpaired) electrons. The van der Waals surface area contributed by atoms with Gasteiger partial charge >= 0.3 is 6.03 Å². The van der Waals surface area contributed by atoms with E-state index < -0.39 is 0 Å². The largest absolute Gasteiger partial charge is 0.352 e. The minimum atomic E-state index is 0.0129. The van der Waals surface area contributed by atoms with E-state index in [1.165, 1.54) is 0 Å². The minimum absolute atomic E-state index is 0.0129. The summed E-state index contributed by atoms with van der Waals surface area (Å²) in [7, 11) is 0. The van der Waals surface area contributed by atoms with Crippen molar-refractivity contribution in [2.24, 2.45) is 17.8 Å². The SMILES string of the molecule is CC(C)CNC(=O)N1CCCC(CC(=O)NC2CNCCC2C)C1. The summed E-state index contributed by atoms with van der Waals surface area (Å²) >= 11 is 0. The third-order valence-corrected chi connectivity index (χ3v) is 5.12. The molecule has 6 heteroatoms. The van der Waals surface area contributed by atoms with Gasteiger partial charge in [0.2, 0.25) is 5.91 Å². The Morgan fingerprint density at radius 3 is 2.79 bits per heavy atom. The number of nitrogens with zero attached hydrogens (tertiary/aromatic N) is 1. The van der Waals surface area contributed by atoms with Crippen LogP contribution in [-0.2, 0) is 4.79 Å². The summed E-state index contributed by atoms with van der Waals surface area (Å²) in [5.41, 5.74) is 0. The van der Waals surface area contributed by atoms with Gasteiger partial charge in [0.15, 0.2) is 0 Å². The van der Waals surface area contributed by atoms with Gasteiger partial charge in [-0.15, -0.1) is 0 Å². The molecule has 6 nitrogen and oxygen atoms in total. The van der Waals surface area contributed by atoms with Crippen molar-refractivity contribution in [3.63, 3.8) is 0 Å². The van der Waals surface area contributed by atoms with Crippen molar-refractivity contribution in [2.75, 3.05) is 32.7 Å². The summed E-state index contributed by atoms with van der Waals surface area (Å²) in [5, 5.41) is 9.50. The second-order valence-corrected chi connectivity index (χ2v) is 7.88. The molecule has 138 valence electrons. The van der Waals surface area contributed by atoms with Crippen LogP contribution in [0.2, 0.25) is 0 Å². The second-order valence-electron chi connectivity index (χ2n) is 7.88. The number of piperidine rings is 2. The highest BCUT2D eigenvalue weighted by molar-refractivity contribution is 5.77. The van der Waals surface area contributed by atoms with Crippen molar-refractivity contribution in [3.8, 4) is 0 Å². The molecule has 2 aliphatic heterocycles. The summed E-state index contributed by atoms with van der Waals surface area (Å²) in [6.45, 7) is 10.5. The van der Waals surface area contributed by atoms with Crippen LogP contribution in [0.3, 0.4) is 0 Å². The Labute approximate surface area is 146 Å². The zero-order valence-electron chi connectivity index (χ0n) is 15.4. The fourth-order valence-electron chi connectivity index (χ4n) is 3.53. The molecule has 0 aromatic rings. The second kappa shape index (κ2) is 9.25. The van der Waals surface area contributed by atoms with E-state index in [0.717, 1.165) is 38.9 Å². The molecule has 3 amide bonds. The Kier molecular flexibility index (Phi) is 7.34. The van der Waals surface area contributed by atoms with Crippen LogP contribution in [0.5, 0.6) is 0 Å². The molecule has 0 saturated carbocycles. The highest BCUT2D eigenvalue weighted by Gasteiger charge is 2.27. The van der Waals surface area contributed by atoms with E-state index in [4.69, 9.17) is 0 Å². The molecule has 0 bridgehead atoms. The van der Waals surface area contributed by atoms with Gasteiger partial charge in [-0.1, -0.05) is 20.8 Å². The van der Waals surface area contributed by atoms with Gasteiger partial charge in [0.05, 0.1) is 0 Å². The molecule has 0 spiro atoms. The highest BCUT2D eigenvalue weighted by Crippen LogP contribution is 2.20. The zero-order chi connectivity index (χ0) is 17.5. The third kappa shape index (κ3) is 5.96. The average Bonchev–Trinajstić information content (AvgIpc) is 2.55. The molecular weight excluding hydrogens is 304 g/mol. The lowest BCUT2D eigenvalue weighted by Gasteiger charge is -2.34. The predicted octanol–water partition coefficient (Wildman–Crippen LogP) is 1.57. The van der Waals surface area contributed by atoms with E-state index in [1.807, 2.05) is 4.90 Å². The van der Waals surface area contributed by atoms with E-state index in [2.05, 4.69) is 36.7 Å². The molecule has 24 heavy (non-hydrogen) atoms. The van der Waals surface area contributed by atoms with Crippen molar-refractivity contribution in [2.45, 2.75) is 52.5 Å². The Bertz CT molecular complexity index is 427. The first-order chi connectivity index (χ1) is 11.5. The molecule has 3 N–H and O–H groups in total. The quantitative estimate of drug-likeness (QED) is 0.712. The molecule has 2 fully saturated rings. The first kappa shape index (κ1) is 19.0. The Hall–Kier alpha value is -1.30. The number of amides is 3. The van der Waals surface area contributed by atoms with E-state index in [-0.39, 0.29) is 23.9 Å². The van der Waals surface area contributed by atoms with E-state index >= 15 is 0 Å². The van der Waals surface area contributed by atoms with Gasteiger partial charge in [-0.25, -0.2) is 4.79 Å². The van der Waals surface area contributed by atoms with E-state index in [0.29, 0.717) is 31.3 Å². The highest BCUT2D eigenvalue weighted by atomic mass is 16.2. The molecular formula is C18H34N4O2. The van der Waals surface area contributed by atoms with Gasteiger partial charge in [-0.3, -0.25) is 4.79 Å². The molecule has 2 saturated heterocycles. The van der Waals surface area contributed by atoms with Gasteiger partial charge in [0.25, 0.3) is 0 Å². The monoisotopic (exact) mass is 338 g/mol. The van der Waals surface area contributed by atoms with Gasteiger partial charge < -0.3 is 20.9 Å². The van der Waals surface area contributed by atoms with Crippen molar-refractivity contribution in [1.29, 1.82) is 0 Å². The summed E-state index contributed by atoms with van der Waals surface area (Å²) in [6.07, 6.45) is 3.64. The van der Waals surface area contributed by atoms with Crippen LogP contribution < -0.4 is 16.0 Å². The maximum atomic E-state index is 12.4. The fourth-order valence-corrected chi connectivity index (χ4v) is 3.53. The molecule has 2 rings (SSSR count). The molecule has 3 atom stereocenters. The molecule has 0 aromatic carbocycles. The predicted molar refractivity (Wildman–Crippen MR) is 95.7 cm³/mol. The van der Waals surface area contributed by atoms with Crippen LogP contribution in [0.4, 0.5) is 4.79 Å². The van der Waals surface area contributed by atoms with E-state index in [9.17, 15) is 9.59 Å². The van der Waals surface area contributed by atoms with Crippen molar-refractivity contribution >= 4 is 11.9 Å². The summed E-state index contributed by atoms with van der Waals surface area (Å²) in [6, 6.07) is 0.249. The van der Waals surface area contributed by atoms with Crippen molar-refractivity contribution in [1.82, 2.24) is 20.9 Å². The van der Waals surface area contributed by atoms with Gasteiger partial charge in [0, 0.05) is 38.6 Å². The van der Waals surface area contributed by atoms with Gasteiger partial charge in [-0.2, -0.15) is 0 Å². The van der Waals surface area contributed by atoms with Crippen LogP contribution in [0, 0.1) is 17.8 Å². The standard InChI is InChI=1S/C18H34N4O2/c1-13(2)10-20-18(24)22-8-4-5-15(12-22)9-17(23)21-16-11-19-7-6-14(16)3/h13-16,19H,4-12H2,1-3H3,(H,20,24)(H,21,23). The lowest BCUT2D eigenvalue weighted by atomic mass is 9.92. The number of hydrogen-bond acceptors (Lipinski definition) is 3. The minimum Gasteiger partial charge on any atom is -0.352 e. The number of hydrogen-bond donors (Lipinski definition) is 3. The topological polar surface area (TPSA) is 73.5 Å². The fraction of sp³-hybridized carbons (Fsp3) is 0.889. The maximum absolute atomic E-state index is 12.4. The first-order valence-corrected chi connectivity index (χ1v) is 9.48. The average molecular weight is 338 g/mol. The normalized spacial score (nSPS) is 27.8. The molecule has 0 aromatic heterocycles. The molecule has 0 aliphatic carbocycles. The number of rotatable bonds is 5. The Morgan fingerprint density at radius 2 is 2.08 bits per heavy atom. The first-order valence-electron chi connectivity index (χ1n) is 9.48. The Morgan fingerprint density at radius 1 is 1.29 bits per heavy atom. The van der Waals surface area contributed by atoms with Crippen LogP contribution >= 0.6 is 0 Å². The number of carbonyl (C=O) groups excluding carboxylic acids is 2. The molecule has 2 heterocycles. The number of urea groups is 1. The van der Waals surface area contributed by atoms with Gasteiger partial charge in [-0.05, 0) is 43.6 Å². The summed E-state index contributed by atoms with van der Waals surface area (Å²) < 4.78 is 0. The molecule has 3 unspecified atom stereocenters. The maximum Gasteiger partial charge on any atom is 0.317 e. The third-order valence-electron chi connectivity index (χ3n) is 5.12. The van der Waals surface area contributed by atoms with Crippen LogP contribution in [0.1, 0.15) is 46.5 Å². The van der Waals surface area contributed by atoms with Gasteiger partial charge in [0.1, 0.15) is 0 Å². The van der Waals surface area contributed by atoms with Crippen LogP contribution in [-0.4, -0.2) is 55.6 Å². The summed E-state index contributed by atoms with van der Waals surface area (Å²) in [5.74, 6) is 1.38. The number of nitrogens with one attached hydrogen (secondary N) is 3. The smallest absolute Gasteiger partial charge is 0.317 e. The lowest BCUT2D eigenvalue weighted by molar-refractivity contribution is -0.123. The Balaban J connectivity index is 1.75. The van der Waals surface area contributed by atoms with Crippen molar-refractivity contribution < 1.29 is 9.59 Å². The van der Waals surface area contributed by atoms with Crippen molar-refractivity contribution in [3.05, 3.63) is 0 Å². The zero-order valence-corrected chi connectivity index (χ0v) is 15.4. The summed E-state index contributed by atoms with van der Waals surface area (Å²) in [4.78, 5) is 26.4.